The van der Waals surface area contributed by atoms with E-state index in [1.165, 1.54) is 0 Å². The summed E-state index contributed by atoms with van der Waals surface area (Å²) in [6.07, 6.45) is 5.82. The molecule has 7 heteroatoms. The number of methoxy groups -OCH3 is 2. The first-order chi connectivity index (χ1) is 15.3. The lowest BCUT2D eigenvalue weighted by molar-refractivity contribution is 0.00989. The lowest BCUT2D eigenvalue weighted by Gasteiger charge is -2.34. The third kappa shape index (κ3) is 7.92. The van der Waals surface area contributed by atoms with Crippen LogP contribution in [-0.4, -0.2) is 64.0 Å². The minimum absolute atomic E-state index is 0.319. The number of hydrogen-bond donors (Lipinski definition) is 1. The second-order valence-electron chi connectivity index (χ2n) is 7.65. The van der Waals surface area contributed by atoms with E-state index in [1.54, 1.807) is 20.5 Å². The molecule has 1 fully saturated rings. The number of nitrogens with zero attached hydrogens (tertiary/aromatic N) is 2. The fourth-order valence-corrected chi connectivity index (χ4v) is 3.60. The van der Waals surface area contributed by atoms with Crippen LogP contribution in [0, 0.1) is 0 Å². The van der Waals surface area contributed by atoms with Gasteiger partial charge in [0.05, 0.1) is 26.0 Å². The molecule has 1 aliphatic heterocycles. The van der Waals surface area contributed by atoms with Crippen LogP contribution in [0.25, 0.3) is 0 Å². The maximum Gasteiger partial charge on any atom is 0.194 e. The maximum atomic E-state index is 6.00. The Balaban J connectivity index is 1.54. The predicted octanol–water partition coefficient (Wildman–Crippen LogP) is 3.49. The number of rotatable bonds is 11. The van der Waals surface area contributed by atoms with Gasteiger partial charge in [-0.1, -0.05) is 12.1 Å². The van der Waals surface area contributed by atoms with Gasteiger partial charge < -0.3 is 28.8 Å². The van der Waals surface area contributed by atoms with Crippen molar-refractivity contribution >= 4 is 5.96 Å². The Bertz CT molecular complexity index is 754. The molecule has 0 saturated carbocycles. The van der Waals surface area contributed by atoms with Crippen LogP contribution in [0.15, 0.2) is 52.1 Å². The van der Waals surface area contributed by atoms with Gasteiger partial charge in [0, 0.05) is 46.4 Å². The van der Waals surface area contributed by atoms with E-state index in [0.717, 1.165) is 81.6 Å². The number of nitrogens with one attached hydrogen (secondary N) is 1. The number of guanidine groups is 1. The molecule has 0 unspecified atom stereocenters. The van der Waals surface area contributed by atoms with Crippen LogP contribution in [0.4, 0.5) is 0 Å². The number of aliphatic imine (C=N–C) groups is 1. The van der Waals surface area contributed by atoms with E-state index in [9.17, 15) is 0 Å². The number of hydrogen-bond acceptors (Lipinski definition) is 5. The third-order valence-corrected chi connectivity index (χ3v) is 5.39. The fourth-order valence-electron chi connectivity index (χ4n) is 3.60. The minimum atomic E-state index is 0.319. The molecule has 1 aliphatic rings. The minimum Gasteiger partial charge on any atom is -0.497 e. The highest BCUT2D eigenvalue weighted by Gasteiger charge is 2.22. The molecule has 2 heterocycles. The normalized spacial score (nSPS) is 15.3. The number of likely N-dealkylation sites (tertiary alicyclic amines) is 1. The molecule has 1 aromatic heterocycles. The molecule has 0 aliphatic carbocycles. The highest BCUT2D eigenvalue weighted by atomic mass is 16.5. The van der Waals surface area contributed by atoms with Crippen molar-refractivity contribution in [1.29, 1.82) is 0 Å². The summed E-state index contributed by atoms with van der Waals surface area (Å²) in [5.41, 5.74) is 1.16. The summed E-state index contributed by atoms with van der Waals surface area (Å²) in [6, 6.07) is 12.0. The summed E-state index contributed by atoms with van der Waals surface area (Å²) < 4.78 is 21.8. The molecule has 7 nitrogen and oxygen atoms in total. The van der Waals surface area contributed by atoms with E-state index in [1.807, 2.05) is 24.3 Å². The third-order valence-electron chi connectivity index (χ3n) is 5.39. The summed E-state index contributed by atoms with van der Waals surface area (Å²) >= 11 is 0. The van der Waals surface area contributed by atoms with Gasteiger partial charge in [0.2, 0.25) is 0 Å². The van der Waals surface area contributed by atoms with Crippen LogP contribution in [0.1, 0.15) is 30.6 Å². The SMILES string of the molecule is COCCCOC1CCN(C(=NCc2ccc(OC)cc2)NCCc2ccco2)CC1. The molecule has 31 heavy (non-hydrogen) atoms. The quantitative estimate of drug-likeness (QED) is 0.335. The van der Waals surface area contributed by atoms with Crippen molar-refractivity contribution in [3.8, 4) is 5.75 Å². The fraction of sp³-hybridized carbons (Fsp3) is 0.542. The van der Waals surface area contributed by atoms with E-state index >= 15 is 0 Å². The van der Waals surface area contributed by atoms with Gasteiger partial charge in [-0.2, -0.15) is 0 Å². The van der Waals surface area contributed by atoms with Crippen LogP contribution in [-0.2, 0) is 22.4 Å². The van der Waals surface area contributed by atoms with Crippen LogP contribution >= 0.6 is 0 Å². The number of piperidine rings is 1. The van der Waals surface area contributed by atoms with Gasteiger partial charge >= 0.3 is 0 Å². The standard InChI is InChI=1S/C24H35N3O4/c1-28-16-4-18-31-23-11-14-27(15-12-23)24(25-13-10-22-5-3-17-30-22)26-19-20-6-8-21(29-2)9-7-20/h3,5-9,17,23H,4,10-16,18-19H2,1-2H3,(H,25,26). The molecule has 0 atom stereocenters. The number of ether oxygens (including phenoxy) is 3. The number of benzene rings is 1. The van der Waals surface area contributed by atoms with E-state index < -0.39 is 0 Å². The molecule has 0 spiro atoms. The summed E-state index contributed by atoms with van der Waals surface area (Å²) in [5.74, 6) is 2.78. The van der Waals surface area contributed by atoms with Crippen LogP contribution < -0.4 is 10.1 Å². The Labute approximate surface area is 185 Å². The van der Waals surface area contributed by atoms with Crippen molar-refractivity contribution in [3.05, 3.63) is 54.0 Å². The average molecular weight is 430 g/mol. The largest absolute Gasteiger partial charge is 0.497 e. The van der Waals surface area contributed by atoms with Gasteiger partial charge in [-0.15, -0.1) is 0 Å². The van der Waals surface area contributed by atoms with Gasteiger partial charge in [-0.3, -0.25) is 0 Å². The van der Waals surface area contributed by atoms with Crippen molar-refractivity contribution in [3.63, 3.8) is 0 Å². The van der Waals surface area contributed by atoms with Gasteiger partial charge in [0.15, 0.2) is 5.96 Å². The van der Waals surface area contributed by atoms with E-state index in [-0.39, 0.29) is 0 Å². The van der Waals surface area contributed by atoms with Crippen LogP contribution in [0.5, 0.6) is 5.75 Å². The monoisotopic (exact) mass is 429 g/mol. The highest BCUT2D eigenvalue weighted by molar-refractivity contribution is 5.80. The van der Waals surface area contributed by atoms with Gasteiger partial charge in [0.1, 0.15) is 11.5 Å². The first kappa shape index (κ1) is 23.2. The maximum absolute atomic E-state index is 6.00. The summed E-state index contributed by atoms with van der Waals surface area (Å²) in [7, 11) is 3.41. The molecule has 3 rings (SSSR count). The molecule has 0 amide bonds. The van der Waals surface area contributed by atoms with Gasteiger partial charge in [0.25, 0.3) is 0 Å². The molecule has 1 saturated heterocycles. The molecule has 1 aromatic carbocycles. The Morgan fingerprint density at radius 2 is 1.94 bits per heavy atom. The van der Waals surface area contributed by atoms with Crippen molar-refractivity contribution in [2.45, 2.75) is 38.3 Å². The van der Waals surface area contributed by atoms with Crippen molar-refractivity contribution in [2.75, 3.05) is 47.1 Å². The topological polar surface area (TPSA) is 68.5 Å². The molecule has 1 N–H and O–H groups in total. The highest BCUT2D eigenvalue weighted by Crippen LogP contribution is 2.16. The zero-order chi connectivity index (χ0) is 21.7. The van der Waals surface area contributed by atoms with E-state index in [4.69, 9.17) is 23.6 Å². The molecular formula is C24H35N3O4. The first-order valence-electron chi connectivity index (χ1n) is 11.1. The van der Waals surface area contributed by atoms with Crippen molar-refractivity contribution in [2.24, 2.45) is 4.99 Å². The van der Waals surface area contributed by atoms with Gasteiger partial charge in [-0.05, 0) is 49.1 Å². The molecular weight excluding hydrogens is 394 g/mol. The van der Waals surface area contributed by atoms with Crippen molar-refractivity contribution in [1.82, 2.24) is 10.2 Å². The zero-order valence-electron chi connectivity index (χ0n) is 18.7. The Kier molecular flexibility index (Phi) is 9.73. The van der Waals surface area contributed by atoms with Gasteiger partial charge in [-0.25, -0.2) is 4.99 Å². The van der Waals surface area contributed by atoms with Crippen molar-refractivity contribution < 1.29 is 18.6 Å². The first-order valence-corrected chi connectivity index (χ1v) is 11.1. The van der Waals surface area contributed by atoms with Crippen LogP contribution in [0.3, 0.4) is 0 Å². The predicted molar refractivity (Wildman–Crippen MR) is 122 cm³/mol. The smallest absolute Gasteiger partial charge is 0.194 e. The number of furan rings is 1. The second kappa shape index (κ2) is 13.0. The Morgan fingerprint density at radius 3 is 2.61 bits per heavy atom. The lowest BCUT2D eigenvalue weighted by Crippen LogP contribution is -2.47. The molecule has 0 bridgehead atoms. The second-order valence-corrected chi connectivity index (χ2v) is 7.65. The van der Waals surface area contributed by atoms with E-state index in [0.29, 0.717) is 12.6 Å². The lowest BCUT2D eigenvalue weighted by atomic mass is 10.1. The summed E-state index contributed by atoms with van der Waals surface area (Å²) in [6.45, 7) is 4.79. The molecule has 2 aromatic rings. The average Bonchev–Trinajstić information content (AvgIpc) is 3.33. The van der Waals surface area contributed by atoms with Crippen LogP contribution in [0.2, 0.25) is 0 Å². The summed E-state index contributed by atoms with van der Waals surface area (Å²) in [5, 5.41) is 3.53. The Hall–Kier alpha value is -2.51. The zero-order valence-corrected chi connectivity index (χ0v) is 18.7. The van der Waals surface area contributed by atoms with E-state index in [2.05, 4.69) is 22.3 Å². The summed E-state index contributed by atoms with van der Waals surface area (Å²) in [4.78, 5) is 7.24. The molecule has 0 radical (unpaired) electrons. The molecule has 170 valence electrons. The Morgan fingerprint density at radius 1 is 1.13 bits per heavy atom.